The summed E-state index contributed by atoms with van der Waals surface area (Å²) < 4.78 is 10.5. The number of azo groups is 1. The molecule has 0 aliphatic carbocycles. The van der Waals surface area contributed by atoms with E-state index in [0.29, 0.717) is 16.5 Å². The Balaban J connectivity index is 2.33. The van der Waals surface area contributed by atoms with Crippen LogP contribution in [-0.4, -0.2) is 32.0 Å². The van der Waals surface area contributed by atoms with Gasteiger partial charge in [0, 0.05) is 0 Å². The number of anilines is 1. The second-order valence-corrected chi connectivity index (χ2v) is 6.65. The third-order valence-electron chi connectivity index (χ3n) is 3.76. The van der Waals surface area contributed by atoms with Gasteiger partial charge in [-0.1, -0.05) is 29.3 Å². The lowest BCUT2D eigenvalue weighted by Crippen LogP contribution is -2.32. The highest BCUT2D eigenvalue weighted by Crippen LogP contribution is 2.40. The van der Waals surface area contributed by atoms with E-state index in [-0.39, 0.29) is 16.5 Å². The number of hydrogen-bond acceptors (Lipinski definition) is 6. The first kappa shape index (κ1) is 21.7. The van der Waals surface area contributed by atoms with Gasteiger partial charge in [0.15, 0.2) is 17.3 Å². The molecule has 0 aliphatic rings. The lowest BCUT2D eigenvalue weighted by molar-refractivity contribution is -0.126. The summed E-state index contributed by atoms with van der Waals surface area (Å²) in [5, 5.41) is 11.0. The van der Waals surface area contributed by atoms with Crippen LogP contribution in [0.4, 0.5) is 11.4 Å². The quantitative estimate of drug-likeness (QED) is 0.501. The Kier molecular flexibility index (Phi) is 7.37. The van der Waals surface area contributed by atoms with Crippen LogP contribution < -0.4 is 14.8 Å². The Morgan fingerprint density at radius 2 is 1.75 bits per heavy atom. The van der Waals surface area contributed by atoms with Crippen LogP contribution in [0.5, 0.6) is 11.5 Å². The second-order valence-electron chi connectivity index (χ2n) is 5.83. The summed E-state index contributed by atoms with van der Waals surface area (Å²) >= 11 is 12.2. The van der Waals surface area contributed by atoms with Crippen molar-refractivity contribution in [1.82, 2.24) is 0 Å². The fourth-order valence-electron chi connectivity index (χ4n) is 2.35. The third-order valence-corrected chi connectivity index (χ3v) is 4.39. The van der Waals surface area contributed by atoms with E-state index < -0.39 is 17.7 Å². The zero-order valence-corrected chi connectivity index (χ0v) is 17.3. The maximum absolute atomic E-state index is 12.7. The first-order chi connectivity index (χ1) is 13.3. The summed E-state index contributed by atoms with van der Waals surface area (Å²) in [5.74, 6) is -0.615. The van der Waals surface area contributed by atoms with Gasteiger partial charge in [0.25, 0.3) is 5.91 Å². The molecular weight excluding hydrogens is 405 g/mol. The number of carbonyl (C=O) groups is 2. The normalized spacial score (nSPS) is 11.9. The molecule has 0 spiro atoms. The molecule has 0 heterocycles. The topological polar surface area (TPSA) is 89.4 Å². The number of nitrogens with one attached hydrogen (secondary N) is 1. The molecule has 1 atom stereocenters. The Morgan fingerprint density at radius 1 is 1.07 bits per heavy atom. The van der Waals surface area contributed by atoms with Crippen LogP contribution in [0.2, 0.25) is 10.0 Å². The number of nitrogens with zero attached hydrogens (tertiary/aromatic N) is 2. The molecule has 2 aromatic rings. The minimum Gasteiger partial charge on any atom is -0.493 e. The molecule has 0 radical (unpaired) electrons. The molecule has 7 nitrogen and oxygen atoms in total. The van der Waals surface area contributed by atoms with Crippen LogP contribution in [0.15, 0.2) is 40.6 Å². The van der Waals surface area contributed by atoms with Gasteiger partial charge in [-0.25, -0.2) is 0 Å². The number of methoxy groups -OCH3 is 2. The van der Waals surface area contributed by atoms with E-state index in [1.165, 1.54) is 27.2 Å². The monoisotopic (exact) mass is 423 g/mol. The van der Waals surface area contributed by atoms with Crippen molar-refractivity contribution in [1.29, 1.82) is 0 Å². The second kappa shape index (κ2) is 9.52. The van der Waals surface area contributed by atoms with Gasteiger partial charge in [0.05, 0.1) is 24.3 Å². The number of hydrogen-bond donors (Lipinski definition) is 1. The zero-order valence-electron chi connectivity index (χ0n) is 15.7. The molecule has 0 aromatic heterocycles. The molecule has 1 N–H and O–H groups in total. The number of ketones is 1. The largest absolute Gasteiger partial charge is 0.493 e. The number of aryl methyl sites for hydroxylation is 1. The smallest absolute Gasteiger partial charge is 0.258 e. The van der Waals surface area contributed by atoms with Crippen molar-refractivity contribution < 1.29 is 19.1 Å². The maximum Gasteiger partial charge on any atom is 0.258 e. The van der Waals surface area contributed by atoms with Crippen molar-refractivity contribution in [2.75, 3.05) is 19.5 Å². The standard InChI is InChI=1S/C19H19Cl2N3O4/c1-10-5-6-12(20)14(9-10)23-24-16(11(2)25)19(26)22-17-13(21)7-8-15(27-3)18(17)28-4/h5-9,16H,1-4H3,(H,22,26). The Labute approximate surface area is 172 Å². The summed E-state index contributed by atoms with van der Waals surface area (Å²) in [4.78, 5) is 24.6. The van der Waals surface area contributed by atoms with Crippen molar-refractivity contribution in [3.63, 3.8) is 0 Å². The highest BCUT2D eigenvalue weighted by Gasteiger charge is 2.26. The lowest BCUT2D eigenvalue weighted by atomic mass is 10.2. The van der Waals surface area contributed by atoms with Crippen molar-refractivity contribution in [2.24, 2.45) is 10.2 Å². The Morgan fingerprint density at radius 3 is 2.36 bits per heavy atom. The van der Waals surface area contributed by atoms with Crippen molar-refractivity contribution >= 4 is 46.3 Å². The number of amides is 1. The average molecular weight is 424 g/mol. The van der Waals surface area contributed by atoms with Crippen LogP contribution in [-0.2, 0) is 9.59 Å². The van der Waals surface area contributed by atoms with Gasteiger partial charge < -0.3 is 14.8 Å². The molecule has 1 unspecified atom stereocenters. The van der Waals surface area contributed by atoms with Gasteiger partial charge in [-0.15, -0.1) is 0 Å². The summed E-state index contributed by atoms with van der Waals surface area (Å²) in [6.45, 7) is 3.10. The highest BCUT2D eigenvalue weighted by atomic mass is 35.5. The van der Waals surface area contributed by atoms with Crippen LogP contribution in [0.25, 0.3) is 0 Å². The summed E-state index contributed by atoms with van der Waals surface area (Å²) in [6.07, 6.45) is 0. The molecule has 9 heteroatoms. The fourth-order valence-corrected chi connectivity index (χ4v) is 2.70. The number of benzene rings is 2. The van der Waals surface area contributed by atoms with Gasteiger partial charge in [0.1, 0.15) is 11.4 Å². The molecular formula is C19H19Cl2N3O4. The lowest BCUT2D eigenvalue weighted by Gasteiger charge is -2.16. The van der Waals surface area contributed by atoms with Gasteiger partial charge in [0.2, 0.25) is 6.04 Å². The predicted molar refractivity (Wildman–Crippen MR) is 108 cm³/mol. The molecule has 2 rings (SSSR count). The summed E-state index contributed by atoms with van der Waals surface area (Å²) in [7, 11) is 2.86. The van der Waals surface area contributed by atoms with Crippen molar-refractivity contribution in [3.05, 3.63) is 45.9 Å². The number of rotatable bonds is 7. The molecule has 148 valence electrons. The highest BCUT2D eigenvalue weighted by molar-refractivity contribution is 6.34. The van der Waals surface area contributed by atoms with Crippen molar-refractivity contribution in [2.45, 2.75) is 19.9 Å². The van der Waals surface area contributed by atoms with E-state index in [4.69, 9.17) is 32.7 Å². The molecule has 2 aromatic carbocycles. The van der Waals surface area contributed by atoms with Crippen LogP contribution in [0.3, 0.4) is 0 Å². The zero-order chi connectivity index (χ0) is 20.8. The van der Waals surface area contributed by atoms with Crippen LogP contribution in [0, 0.1) is 6.92 Å². The summed E-state index contributed by atoms with van der Waals surface area (Å²) in [5.41, 5.74) is 1.44. The number of halogens is 2. The van der Waals surface area contributed by atoms with E-state index >= 15 is 0 Å². The fraction of sp³-hybridized carbons (Fsp3) is 0.263. The molecule has 0 fully saturated rings. The predicted octanol–water partition coefficient (Wildman–Crippen LogP) is 5.00. The molecule has 0 aliphatic heterocycles. The van der Waals surface area contributed by atoms with E-state index in [1.807, 2.05) is 13.0 Å². The molecule has 1 amide bonds. The van der Waals surface area contributed by atoms with E-state index in [0.717, 1.165) is 5.56 Å². The molecule has 0 saturated carbocycles. The maximum atomic E-state index is 12.7. The molecule has 0 bridgehead atoms. The van der Waals surface area contributed by atoms with Gasteiger partial charge in [-0.2, -0.15) is 10.2 Å². The number of ether oxygens (including phenoxy) is 2. The number of carbonyl (C=O) groups excluding carboxylic acids is 2. The molecule has 0 saturated heterocycles. The van der Waals surface area contributed by atoms with E-state index in [1.54, 1.807) is 18.2 Å². The minimum atomic E-state index is -1.39. The summed E-state index contributed by atoms with van der Waals surface area (Å²) in [6, 6.07) is 6.92. The average Bonchev–Trinajstić information content (AvgIpc) is 2.65. The van der Waals surface area contributed by atoms with E-state index in [2.05, 4.69) is 15.5 Å². The van der Waals surface area contributed by atoms with Crippen molar-refractivity contribution in [3.8, 4) is 11.5 Å². The van der Waals surface area contributed by atoms with Crippen LogP contribution in [0.1, 0.15) is 12.5 Å². The van der Waals surface area contributed by atoms with Gasteiger partial charge >= 0.3 is 0 Å². The van der Waals surface area contributed by atoms with Gasteiger partial charge in [-0.3, -0.25) is 9.59 Å². The Hall–Kier alpha value is -2.64. The minimum absolute atomic E-state index is 0.170. The SMILES string of the molecule is COc1ccc(Cl)c(NC(=O)C(N=Nc2cc(C)ccc2Cl)C(C)=O)c1OC. The first-order valence-corrected chi connectivity index (χ1v) is 8.92. The van der Waals surface area contributed by atoms with Gasteiger partial charge in [-0.05, 0) is 43.7 Å². The van der Waals surface area contributed by atoms with E-state index in [9.17, 15) is 9.59 Å². The third kappa shape index (κ3) is 4.99. The first-order valence-electron chi connectivity index (χ1n) is 8.17. The van der Waals surface area contributed by atoms with Crippen LogP contribution >= 0.6 is 23.2 Å². The molecule has 28 heavy (non-hydrogen) atoms. The Bertz CT molecular complexity index is 932. The number of Topliss-reactive ketones (excluding diaryl/α,β-unsaturated/α-hetero) is 1.